The molecule has 234 valence electrons. The Kier molecular flexibility index (Phi) is 9.48. The van der Waals surface area contributed by atoms with Crippen molar-refractivity contribution in [2.45, 2.75) is 71.4 Å². The van der Waals surface area contributed by atoms with Crippen LogP contribution in [0.3, 0.4) is 0 Å². The minimum absolute atomic E-state index is 0.0926. The van der Waals surface area contributed by atoms with Gasteiger partial charge in [0.2, 0.25) is 0 Å². The number of aliphatic imine (C=N–C) groups is 1. The fourth-order valence-corrected chi connectivity index (χ4v) is 7.21. The van der Waals surface area contributed by atoms with Gasteiger partial charge in [0.1, 0.15) is 9.84 Å². The normalized spacial score (nSPS) is 21.8. The summed E-state index contributed by atoms with van der Waals surface area (Å²) in [5.74, 6) is -0.459. The number of likely N-dealkylation sites (tertiary alicyclic amines) is 2. The molecule has 43 heavy (non-hydrogen) atoms. The number of rotatable bonds is 9. The largest absolute Gasteiger partial charge is 0.351 e. The molecule has 2 amide bonds. The predicted molar refractivity (Wildman–Crippen MR) is 168 cm³/mol. The Morgan fingerprint density at radius 1 is 1.09 bits per heavy atom. The number of fused-ring (bicyclic) bond motifs is 1. The number of sulfone groups is 1. The Bertz CT molecular complexity index is 1530. The quantitative estimate of drug-likeness (QED) is 0.458. The van der Waals surface area contributed by atoms with Gasteiger partial charge in [0, 0.05) is 48.8 Å². The molecule has 0 radical (unpaired) electrons. The summed E-state index contributed by atoms with van der Waals surface area (Å²) in [6.07, 6.45) is 8.94. The standard InChI is InChI=1S/C31H45N7O4S/c1-20(2)38-29-27(19-33-38)25(30(39)32-18-26-21(3)16-22(4)34-31(26)40)17-28(35-29)23-6-12-37(13-7-23)24-8-10-36(11-9-24)14-15-43(5,41)42/h16-17,19-20,23-24,26H,6-15,18H2,1-5H3,(H,32,39). The number of dihydropyridines is 1. The lowest BCUT2D eigenvalue weighted by molar-refractivity contribution is -0.120. The van der Waals surface area contributed by atoms with Gasteiger partial charge < -0.3 is 15.1 Å². The summed E-state index contributed by atoms with van der Waals surface area (Å²) in [5.41, 5.74) is 3.76. The molecular weight excluding hydrogens is 566 g/mol. The molecule has 2 aromatic heterocycles. The van der Waals surface area contributed by atoms with E-state index >= 15 is 0 Å². The van der Waals surface area contributed by atoms with Crippen molar-refractivity contribution < 1.29 is 18.0 Å². The van der Waals surface area contributed by atoms with E-state index in [-0.39, 0.29) is 36.1 Å². The molecule has 1 atom stereocenters. The molecule has 0 aromatic carbocycles. The Morgan fingerprint density at radius 2 is 1.79 bits per heavy atom. The zero-order valence-corrected chi connectivity index (χ0v) is 26.9. The first-order valence-electron chi connectivity index (χ1n) is 15.5. The van der Waals surface area contributed by atoms with Crippen molar-refractivity contribution >= 4 is 38.4 Å². The number of nitrogens with zero attached hydrogens (tertiary/aromatic N) is 6. The summed E-state index contributed by atoms with van der Waals surface area (Å²) in [4.78, 5) is 40.1. The number of carbonyl (C=O) groups is 2. The van der Waals surface area contributed by atoms with Crippen molar-refractivity contribution in [2.75, 3.05) is 51.3 Å². The maximum Gasteiger partial charge on any atom is 0.254 e. The summed E-state index contributed by atoms with van der Waals surface area (Å²) < 4.78 is 25.0. The summed E-state index contributed by atoms with van der Waals surface area (Å²) in [5, 5.41) is 8.27. The van der Waals surface area contributed by atoms with Crippen LogP contribution >= 0.6 is 0 Å². The molecule has 0 bridgehead atoms. The van der Waals surface area contributed by atoms with Crippen molar-refractivity contribution in [3.8, 4) is 0 Å². The number of amides is 2. The number of hydrogen-bond acceptors (Lipinski definition) is 8. The highest BCUT2D eigenvalue weighted by atomic mass is 32.2. The molecule has 2 aromatic rings. The van der Waals surface area contributed by atoms with E-state index in [0.717, 1.165) is 63.1 Å². The van der Waals surface area contributed by atoms with Crippen molar-refractivity contribution in [3.63, 3.8) is 0 Å². The molecule has 0 saturated carbocycles. The first kappa shape index (κ1) is 31.5. The fourth-order valence-electron chi connectivity index (χ4n) is 6.62. The van der Waals surface area contributed by atoms with E-state index in [4.69, 9.17) is 4.98 Å². The van der Waals surface area contributed by atoms with E-state index in [9.17, 15) is 18.0 Å². The molecule has 0 spiro atoms. The van der Waals surface area contributed by atoms with Crippen LogP contribution in [0.2, 0.25) is 0 Å². The third-order valence-corrected chi connectivity index (χ3v) is 10.1. The van der Waals surface area contributed by atoms with Crippen molar-refractivity contribution in [2.24, 2.45) is 10.9 Å². The minimum Gasteiger partial charge on any atom is -0.351 e. The Morgan fingerprint density at radius 3 is 2.42 bits per heavy atom. The van der Waals surface area contributed by atoms with Gasteiger partial charge in [-0.1, -0.05) is 5.57 Å². The average Bonchev–Trinajstić information content (AvgIpc) is 3.39. The van der Waals surface area contributed by atoms with E-state index < -0.39 is 15.8 Å². The van der Waals surface area contributed by atoms with Gasteiger partial charge >= 0.3 is 0 Å². The highest BCUT2D eigenvalue weighted by Gasteiger charge is 2.31. The van der Waals surface area contributed by atoms with Gasteiger partial charge in [-0.05, 0) is 91.7 Å². The van der Waals surface area contributed by atoms with Gasteiger partial charge in [0.15, 0.2) is 5.65 Å². The summed E-state index contributed by atoms with van der Waals surface area (Å²) >= 11 is 0. The smallest absolute Gasteiger partial charge is 0.254 e. The lowest BCUT2D eigenvalue weighted by Crippen LogP contribution is -2.48. The predicted octanol–water partition coefficient (Wildman–Crippen LogP) is 2.99. The molecule has 2 fully saturated rings. The maximum atomic E-state index is 13.6. The first-order chi connectivity index (χ1) is 20.4. The molecule has 1 unspecified atom stereocenters. The monoisotopic (exact) mass is 611 g/mol. The number of nitrogens with one attached hydrogen (secondary N) is 1. The summed E-state index contributed by atoms with van der Waals surface area (Å²) in [7, 11) is -2.94. The number of pyridine rings is 1. The van der Waals surface area contributed by atoms with Crippen LogP contribution in [0.1, 0.15) is 81.4 Å². The summed E-state index contributed by atoms with van der Waals surface area (Å²) in [6, 6.07) is 2.54. The topological polar surface area (TPSA) is 130 Å². The maximum absolute atomic E-state index is 13.6. The van der Waals surface area contributed by atoms with E-state index in [1.165, 1.54) is 6.26 Å². The third kappa shape index (κ3) is 7.41. The van der Waals surface area contributed by atoms with Crippen LogP contribution in [0.25, 0.3) is 11.0 Å². The summed E-state index contributed by atoms with van der Waals surface area (Å²) in [6.45, 7) is 12.4. The van der Waals surface area contributed by atoms with Crippen molar-refractivity contribution in [1.29, 1.82) is 0 Å². The molecule has 3 aliphatic heterocycles. The SMILES string of the molecule is CC1=CC(C)=NC(=O)C1CNC(=O)c1cc(C2CCN(C3CCN(CCS(C)(=O)=O)CC3)CC2)nc2c1cnn2C(C)C. The van der Waals surface area contributed by atoms with Gasteiger partial charge in [-0.15, -0.1) is 0 Å². The van der Waals surface area contributed by atoms with Crippen LogP contribution in [0.4, 0.5) is 0 Å². The fraction of sp³-hybridized carbons (Fsp3) is 0.645. The first-order valence-corrected chi connectivity index (χ1v) is 17.5. The highest BCUT2D eigenvalue weighted by molar-refractivity contribution is 7.90. The number of piperidine rings is 2. The van der Waals surface area contributed by atoms with Gasteiger partial charge in [-0.25, -0.2) is 23.1 Å². The molecule has 2 saturated heterocycles. The molecule has 11 nitrogen and oxygen atoms in total. The Hall–Kier alpha value is -2.96. The second-order valence-corrected chi connectivity index (χ2v) is 15.0. The van der Waals surface area contributed by atoms with Crippen LogP contribution < -0.4 is 5.32 Å². The second-order valence-electron chi connectivity index (χ2n) is 12.8. The molecule has 3 aliphatic rings. The molecule has 1 N–H and O–H groups in total. The van der Waals surface area contributed by atoms with Crippen molar-refractivity contribution in [1.82, 2.24) is 29.9 Å². The second kappa shape index (κ2) is 13.0. The minimum atomic E-state index is -2.94. The molecule has 12 heteroatoms. The van der Waals surface area contributed by atoms with Gasteiger partial charge in [0.25, 0.3) is 11.8 Å². The number of allylic oxidation sites excluding steroid dienone is 1. The van der Waals surface area contributed by atoms with Crippen LogP contribution in [0.5, 0.6) is 0 Å². The molecule has 0 aliphatic carbocycles. The molecular formula is C31H45N7O4S. The Labute approximate surface area is 254 Å². The van der Waals surface area contributed by atoms with Gasteiger partial charge in [0.05, 0.1) is 28.8 Å². The molecule has 5 heterocycles. The zero-order valence-electron chi connectivity index (χ0n) is 26.0. The van der Waals surface area contributed by atoms with Gasteiger partial charge in [-0.2, -0.15) is 5.10 Å². The lowest BCUT2D eigenvalue weighted by Gasteiger charge is -2.41. The average molecular weight is 612 g/mol. The number of aromatic nitrogens is 3. The molecule has 5 rings (SSSR count). The van der Waals surface area contributed by atoms with E-state index in [2.05, 4.69) is 39.1 Å². The van der Waals surface area contributed by atoms with Crippen molar-refractivity contribution in [3.05, 3.63) is 35.2 Å². The van der Waals surface area contributed by atoms with Crippen LogP contribution in [-0.4, -0.2) is 108 Å². The number of carbonyl (C=O) groups excluding carboxylic acids is 2. The zero-order chi connectivity index (χ0) is 30.9. The highest BCUT2D eigenvalue weighted by Crippen LogP contribution is 2.32. The van der Waals surface area contributed by atoms with E-state index in [1.54, 1.807) is 13.1 Å². The number of hydrogen-bond donors (Lipinski definition) is 1. The van der Waals surface area contributed by atoms with Gasteiger partial charge in [-0.3, -0.25) is 9.59 Å². The van der Waals surface area contributed by atoms with Crippen LogP contribution in [0, 0.1) is 5.92 Å². The van der Waals surface area contributed by atoms with E-state index in [1.807, 2.05) is 23.7 Å². The van der Waals surface area contributed by atoms with Crippen LogP contribution in [0.15, 0.2) is 28.9 Å². The Balaban J connectivity index is 1.26. The van der Waals surface area contributed by atoms with Crippen LogP contribution in [-0.2, 0) is 14.6 Å². The lowest BCUT2D eigenvalue weighted by atomic mass is 9.90. The third-order valence-electron chi connectivity index (χ3n) is 9.16. The van der Waals surface area contributed by atoms with E-state index in [0.29, 0.717) is 34.9 Å².